The van der Waals surface area contributed by atoms with E-state index < -0.39 is 0 Å². The first kappa shape index (κ1) is 13.5. The molecule has 1 amide bonds. The van der Waals surface area contributed by atoms with Gasteiger partial charge in [0.2, 0.25) is 0 Å². The molecular weight excluding hydrogens is 273 g/mol. The van der Waals surface area contributed by atoms with Crippen LogP contribution in [0, 0.1) is 0 Å². The molecule has 1 aliphatic rings. The summed E-state index contributed by atoms with van der Waals surface area (Å²) in [5, 5.41) is 0.587. The second-order valence-electron chi connectivity index (χ2n) is 4.46. The van der Waals surface area contributed by atoms with Crippen molar-refractivity contribution in [3.05, 3.63) is 27.7 Å². The number of anilines is 1. The molecule has 1 aliphatic heterocycles. The highest BCUT2D eigenvalue weighted by atomic mass is 35.5. The maximum atomic E-state index is 12.3. The molecule has 2 rings (SSSR count). The molecule has 98 valence electrons. The lowest BCUT2D eigenvalue weighted by Gasteiger charge is -2.32. The highest BCUT2D eigenvalue weighted by Crippen LogP contribution is 2.29. The van der Waals surface area contributed by atoms with E-state index in [9.17, 15) is 4.79 Å². The van der Waals surface area contributed by atoms with Gasteiger partial charge in [-0.15, -0.1) is 0 Å². The number of nitrogens with zero attached hydrogens (tertiary/aromatic N) is 2. The molecule has 6 heteroatoms. The molecule has 1 heterocycles. The third-order valence-corrected chi connectivity index (χ3v) is 3.87. The average molecular weight is 288 g/mol. The van der Waals surface area contributed by atoms with Crippen LogP contribution in [0.25, 0.3) is 0 Å². The summed E-state index contributed by atoms with van der Waals surface area (Å²) in [4.78, 5) is 16.3. The van der Waals surface area contributed by atoms with Crippen molar-refractivity contribution in [3.63, 3.8) is 0 Å². The molecule has 0 aromatic heterocycles. The van der Waals surface area contributed by atoms with Crippen molar-refractivity contribution in [1.82, 2.24) is 9.80 Å². The Labute approximate surface area is 116 Å². The monoisotopic (exact) mass is 287 g/mol. The Hall–Kier alpha value is -0.970. The number of carbonyl (C=O) groups is 1. The lowest BCUT2D eigenvalue weighted by molar-refractivity contribution is 0.0664. The smallest absolute Gasteiger partial charge is 0.255 e. The molecule has 1 aromatic carbocycles. The van der Waals surface area contributed by atoms with E-state index in [0.717, 1.165) is 13.1 Å². The maximum Gasteiger partial charge on any atom is 0.255 e. The quantitative estimate of drug-likeness (QED) is 0.804. The van der Waals surface area contributed by atoms with E-state index in [1.165, 1.54) is 0 Å². The first-order chi connectivity index (χ1) is 8.49. The number of hydrogen-bond acceptors (Lipinski definition) is 3. The first-order valence-corrected chi connectivity index (χ1v) is 6.47. The summed E-state index contributed by atoms with van der Waals surface area (Å²) >= 11 is 12.0. The van der Waals surface area contributed by atoms with Gasteiger partial charge in [0, 0.05) is 31.9 Å². The number of piperazine rings is 1. The average Bonchev–Trinajstić information content (AvgIpc) is 2.34. The van der Waals surface area contributed by atoms with Gasteiger partial charge in [-0.3, -0.25) is 4.79 Å². The number of halogens is 2. The molecule has 1 aromatic rings. The second-order valence-corrected chi connectivity index (χ2v) is 5.24. The molecule has 18 heavy (non-hydrogen) atoms. The van der Waals surface area contributed by atoms with Crippen LogP contribution in [-0.4, -0.2) is 48.9 Å². The zero-order valence-corrected chi connectivity index (χ0v) is 11.6. The summed E-state index contributed by atoms with van der Waals surface area (Å²) in [7, 11) is 2.03. The van der Waals surface area contributed by atoms with Crippen LogP contribution in [0.1, 0.15) is 10.4 Å². The number of rotatable bonds is 1. The van der Waals surface area contributed by atoms with E-state index in [2.05, 4.69) is 4.90 Å². The number of likely N-dealkylation sites (N-methyl/N-ethyl adjacent to an activating group) is 1. The number of benzene rings is 1. The number of hydrogen-bond donors (Lipinski definition) is 1. The molecule has 2 N–H and O–H groups in total. The van der Waals surface area contributed by atoms with Crippen molar-refractivity contribution in [1.29, 1.82) is 0 Å². The van der Waals surface area contributed by atoms with Crippen LogP contribution in [0.5, 0.6) is 0 Å². The Morgan fingerprint density at radius 2 is 1.83 bits per heavy atom. The van der Waals surface area contributed by atoms with Gasteiger partial charge in [0.05, 0.1) is 15.6 Å². The van der Waals surface area contributed by atoms with Crippen molar-refractivity contribution < 1.29 is 4.79 Å². The number of amides is 1. The summed E-state index contributed by atoms with van der Waals surface area (Å²) < 4.78 is 0. The van der Waals surface area contributed by atoms with E-state index in [4.69, 9.17) is 28.9 Å². The fourth-order valence-corrected chi connectivity index (χ4v) is 2.36. The highest BCUT2D eigenvalue weighted by Gasteiger charge is 2.23. The Morgan fingerprint density at radius 3 is 2.44 bits per heavy atom. The van der Waals surface area contributed by atoms with E-state index in [-0.39, 0.29) is 10.9 Å². The Balaban J connectivity index is 2.23. The van der Waals surface area contributed by atoms with Gasteiger partial charge in [-0.1, -0.05) is 23.2 Å². The van der Waals surface area contributed by atoms with Gasteiger partial charge in [0.15, 0.2) is 0 Å². The SMILES string of the molecule is CN1CCN(C(=O)c2cc(N)cc(Cl)c2Cl)CC1. The Morgan fingerprint density at radius 1 is 1.22 bits per heavy atom. The summed E-state index contributed by atoms with van der Waals surface area (Å²) in [5.41, 5.74) is 6.52. The van der Waals surface area contributed by atoms with Gasteiger partial charge in [-0.2, -0.15) is 0 Å². The molecule has 0 spiro atoms. The molecule has 0 aliphatic carbocycles. The van der Waals surface area contributed by atoms with Crippen LogP contribution >= 0.6 is 23.2 Å². The minimum Gasteiger partial charge on any atom is -0.399 e. The number of nitrogens with two attached hydrogens (primary N) is 1. The standard InChI is InChI=1S/C12H15Cl2N3O/c1-16-2-4-17(5-3-16)12(18)9-6-8(15)7-10(13)11(9)14/h6-7H,2-5,15H2,1H3. The lowest BCUT2D eigenvalue weighted by atomic mass is 10.1. The largest absolute Gasteiger partial charge is 0.399 e. The summed E-state index contributed by atoms with van der Waals surface area (Å²) in [6, 6.07) is 3.12. The Bertz CT molecular complexity index is 471. The van der Waals surface area contributed by atoms with Gasteiger partial charge in [-0.05, 0) is 19.2 Å². The molecule has 0 unspecified atom stereocenters. The maximum absolute atomic E-state index is 12.3. The van der Waals surface area contributed by atoms with Crippen LogP contribution in [0.4, 0.5) is 5.69 Å². The van der Waals surface area contributed by atoms with Crippen LogP contribution in [0.2, 0.25) is 10.0 Å². The van der Waals surface area contributed by atoms with Crippen molar-refractivity contribution in [2.24, 2.45) is 0 Å². The molecular formula is C12H15Cl2N3O. The number of carbonyl (C=O) groups excluding carboxylic acids is 1. The zero-order valence-electron chi connectivity index (χ0n) is 10.1. The molecule has 0 radical (unpaired) electrons. The first-order valence-electron chi connectivity index (χ1n) is 5.71. The van der Waals surface area contributed by atoms with Crippen molar-refractivity contribution >= 4 is 34.8 Å². The molecule has 0 atom stereocenters. The third-order valence-electron chi connectivity index (χ3n) is 3.07. The molecule has 4 nitrogen and oxygen atoms in total. The van der Waals surface area contributed by atoms with Gasteiger partial charge >= 0.3 is 0 Å². The van der Waals surface area contributed by atoms with Gasteiger partial charge in [0.25, 0.3) is 5.91 Å². The van der Waals surface area contributed by atoms with E-state index >= 15 is 0 Å². The third kappa shape index (κ3) is 2.71. The number of nitrogen functional groups attached to an aromatic ring is 1. The minimum absolute atomic E-state index is 0.109. The van der Waals surface area contributed by atoms with E-state index in [0.29, 0.717) is 29.4 Å². The molecule has 1 fully saturated rings. The van der Waals surface area contributed by atoms with Crippen LogP contribution in [0.15, 0.2) is 12.1 Å². The van der Waals surface area contributed by atoms with Crippen molar-refractivity contribution in [2.45, 2.75) is 0 Å². The molecule has 0 saturated carbocycles. The van der Waals surface area contributed by atoms with Gasteiger partial charge in [0.1, 0.15) is 0 Å². The second kappa shape index (κ2) is 5.34. The molecule has 1 saturated heterocycles. The molecule has 0 bridgehead atoms. The van der Waals surface area contributed by atoms with Crippen molar-refractivity contribution in [2.75, 3.05) is 39.0 Å². The zero-order chi connectivity index (χ0) is 13.3. The predicted octanol–water partition coefficient (Wildman–Crippen LogP) is 1.96. The van der Waals surface area contributed by atoms with Gasteiger partial charge in [-0.25, -0.2) is 0 Å². The normalized spacial score (nSPS) is 16.9. The fourth-order valence-electron chi connectivity index (χ4n) is 1.95. The van der Waals surface area contributed by atoms with Crippen molar-refractivity contribution in [3.8, 4) is 0 Å². The minimum atomic E-state index is -0.109. The van der Waals surface area contributed by atoms with Crippen LogP contribution < -0.4 is 5.73 Å². The Kier molecular flexibility index (Phi) is 4.00. The topological polar surface area (TPSA) is 49.6 Å². The van der Waals surface area contributed by atoms with Crippen LogP contribution in [-0.2, 0) is 0 Å². The highest BCUT2D eigenvalue weighted by molar-refractivity contribution is 6.44. The summed E-state index contributed by atoms with van der Waals surface area (Å²) in [6.45, 7) is 3.11. The van der Waals surface area contributed by atoms with E-state index in [1.54, 1.807) is 17.0 Å². The summed E-state index contributed by atoms with van der Waals surface area (Å²) in [6.07, 6.45) is 0. The van der Waals surface area contributed by atoms with E-state index in [1.807, 2.05) is 7.05 Å². The lowest BCUT2D eigenvalue weighted by Crippen LogP contribution is -2.47. The summed E-state index contributed by atoms with van der Waals surface area (Å²) in [5.74, 6) is -0.109. The van der Waals surface area contributed by atoms with Crippen LogP contribution in [0.3, 0.4) is 0 Å². The van der Waals surface area contributed by atoms with Gasteiger partial charge < -0.3 is 15.5 Å². The fraction of sp³-hybridized carbons (Fsp3) is 0.417. The predicted molar refractivity (Wildman–Crippen MR) is 74.3 cm³/mol.